The molecule has 0 aliphatic carbocycles. The zero-order valence-electron chi connectivity index (χ0n) is 14.1. The maximum Gasteiger partial charge on any atom is 0.246 e. The Kier molecular flexibility index (Phi) is 4.54. The van der Waals surface area contributed by atoms with Gasteiger partial charge < -0.3 is 9.58 Å². The molecule has 0 N–H and O–H groups in total. The summed E-state index contributed by atoms with van der Waals surface area (Å²) in [7, 11) is 1.73. The first-order chi connectivity index (χ1) is 9.02. The molecule has 2 heteroatoms. The molecular weight excluding hydrogens is 246 g/mol. The number of rotatable bonds is 2. The molecule has 1 unspecified atom stereocenters. The van der Waals surface area contributed by atoms with Gasteiger partial charge in [0.1, 0.15) is 5.75 Å². The van der Waals surface area contributed by atoms with Crippen molar-refractivity contribution < 1.29 is 4.74 Å². The third-order valence-corrected chi connectivity index (χ3v) is 3.61. The zero-order chi connectivity index (χ0) is 15.7. The molecule has 0 saturated heterocycles. The number of methoxy groups -OCH3 is 1. The third-order valence-electron chi connectivity index (χ3n) is 3.61. The first-order valence-electron chi connectivity index (χ1n) is 7.11. The molecule has 0 amide bonds. The maximum atomic E-state index is 7.29. The Morgan fingerprint density at radius 2 is 1.40 bits per heavy atom. The van der Waals surface area contributed by atoms with Gasteiger partial charge in [-0.2, -0.15) is 0 Å². The van der Waals surface area contributed by atoms with Gasteiger partial charge in [0.15, 0.2) is 0 Å². The van der Waals surface area contributed by atoms with Crippen molar-refractivity contribution in [3.05, 3.63) is 40.2 Å². The summed E-state index contributed by atoms with van der Waals surface area (Å²) < 4.78 is 5.72. The first kappa shape index (κ1) is 16.6. The van der Waals surface area contributed by atoms with Crippen LogP contribution in [0.15, 0.2) is 12.1 Å². The minimum Gasteiger partial charge on any atom is -0.496 e. The lowest BCUT2D eigenvalue weighted by atomic mass is 9.78. The Balaban J connectivity index is 3.71. The van der Waals surface area contributed by atoms with E-state index in [9.17, 15) is 0 Å². The van der Waals surface area contributed by atoms with Crippen LogP contribution in [0.4, 0.5) is 0 Å². The molecule has 0 spiro atoms. The van der Waals surface area contributed by atoms with Crippen LogP contribution in [0.5, 0.6) is 5.75 Å². The predicted octanol–water partition coefficient (Wildman–Crippen LogP) is 5.27. The molecule has 1 aromatic rings. The number of hydrogen-bond donors (Lipinski definition) is 0. The van der Waals surface area contributed by atoms with Crippen LogP contribution in [-0.2, 0) is 10.8 Å². The van der Waals surface area contributed by atoms with E-state index >= 15 is 0 Å². The number of benzene rings is 1. The van der Waals surface area contributed by atoms with Crippen molar-refractivity contribution in [2.75, 3.05) is 7.11 Å². The van der Waals surface area contributed by atoms with Gasteiger partial charge in [-0.3, -0.25) is 0 Å². The summed E-state index contributed by atoms with van der Waals surface area (Å²) in [6, 6.07) is 4.15. The average Bonchev–Trinajstić information content (AvgIpc) is 2.33. The summed E-state index contributed by atoms with van der Waals surface area (Å²) in [5.41, 5.74) is 3.41. The van der Waals surface area contributed by atoms with Gasteiger partial charge in [-0.25, -0.2) is 6.57 Å². The second-order valence-corrected chi connectivity index (χ2v) is 7.45. The molecule has 2 nitrogen and oxygen atoms in total. The highest BCUT2D eigenvalue weighted by atomic mass is 16.5. The van der Waals surface area contributed by atoms with Crippen molar-refractivity contribution in [2.45, 2.75) is 65.3 Å². The molecule has 1 aromatic carbocycles. The topological polar surface area (TPSA) is 13.6 Å². The lowest BCUT2D eigenvalue weighted by molar-refractivity contribution is 0.381. The van der Waals surface area contributed by atoms with Crippen molar-refractivity contribution in [3.63, 3.8) is 0 Å². The first-order valence-corrected chi connectivity index (χ1v) is 7.11. The lowest BCUT2D eigenvalue weighted by Crippen LogP contribution is -2.20. The van der Waals surface area contributed by atoms with E-state index < -0.39 is 0 Å². The van der Waals surface area contributed by atoms with Crippen molar-refractivity contribution in [1.29, 1.82) is 0 Å². The second kappa shape index (κ2) is 5.48. The van der Waals surface area contributed by atoms with Crippen molar-refractivity contribution in [3.8, 4) is 5.75 Å². The van der Waals surface area contributed by atoms with Crippen LogP contribution in [-0.4, -0.2) is 7.11 Å². The molecular formula is C18H27NO. The van der Waals surface area contributed by atoms with Gasteiger partial charge in [0.2, 0.25) is 6.04 Å². The van der Waals surface area contributed by atoms with Gasteiger partial charge in [0.25, 0.3) is 0 Å². The predicted molar refractivity (Wildman–Crippen MR) is 85.4 cm³/mol. The van der Waals surface area contributed by atoms with Crippen LogP contribution in [0, 0.1) is 6.57 Å². The highest BCUT2D eigenvalue weighted by Gasteiger charge is 2.29. The molecule has 0 aromatic heterocycles. The van der Waals surface area contributed by atoms with Crippen LogP contribution in [0.25, 0.3) is 4.85 Å². The number of hydrogen-bond acceptors (Lipinski definition) is 1. The highest BCUT2D eigenvalue weighted by molar-refractivity contribution is 5.51. The molecule has 0 saturated carbocycles. The Hall–Kier alpha value is -1.49. The quantitative estimate of drug-likeness (QED) is 0.669. The minimum absolute atomic E-state index is 0.0108. The molecule has 0 fully saturated rings. The summed E-state index contributed by atoms with van der Waals surface area (Å²) in [4.78, 5) is 3.67. The van der Waals surface area contributed by atoms with E-state index in [2.05, 4.69) is 58.5 Å². The second-order valence-electron chi connectivity index (χ2n) is 7.45. The normalized spacial score (nSPS) is 13.8. The van der Waals surface area contributed by atoms with E-state index in [-0.39, 0.29) is 16.9 Å². The van der Waals surface area contributed by atoms with Crippen LogP contribution >= 0.6 is 0 Å². The van der Waals surface area contributed by atoms with E-state index in [4.69, 9.17) is 11.3 Å². The van der Waals surface area contributed by atoms with Crippen molar-refractivity contribution in [1.82, 2.24) is 0 Å². The van der Waals surface area contributed by atoms with Gasteiger partial charge in [0, 0.05) is 23.6 Å². The summed E-state index contributed by atoms with van der Waals surface area (Å²) in [5, 5.41) is 0. The molecule has 110 valence electrons. The molecule has 1 atom stereocenters. The van der Waals surface area contributed by atoms with Crippen LogP contribution in [0.1, 0.15) is 71.2 Å². The van der Waals surface area contributed by atoms with Crippen LogP contribution in [0.3, 0.4) is 0 Å². The van der Waals surface area contributed by atoms with E-state index in [1.54, 1.807) is 7.11 Å². The van der Waals surface area contributed by atoms with Gasteiger partial charge in [-0.05, 0) is 23.0 Å². The molecule has 0 bridgehead atoms. The fourth-order valence-electron chi connectivity index (χ4n) is 2.30. The van der Waals surface area contributed by atoms with E-state index in [0.29, 0.717) is 0 Å². The van der Waals surface area contributed by atoms with Crippen molar-refractivity contribution >= 4 is 0 Å². The van der Waals surface area contributed by atoms with E-state index in [0.717, 1.165) is 11.3 Å². The number of ether oxygens (including phenoxy) is 1. The summed E-state index contributed by atoms with van der Waals surface area (Å²) in [6.07, 6.45) is 0. The minimum atomic E-state index is -0.122. The standard InChI is InChI=1S/C18H27NO/c1-12(19-8)13-10-14(17(2,3)4)16(20-9)15(11-13)18(5,6)7/h10-12H,1-7,9H3. The molecule has 20 heavy (non-hydrogen) atoms. The lowest BCUT2D eigenvalue weighted by Gasteiger charge is -2.29. The van der Waals surface area contributed by atoms with Crippen molar-refractivity contribution in [2.24, 2.45) is 0 Å². The monoisotopic (exact) mass is 273 g/mol. The van der Waals surface area contributed by atoms with Gasteiger partial charge >= 0.3 is 0 Å². The molecule has 0 aliphatic rings. The highest BCUT2D eigenvalue weighted by Crippen LogP contribution is 2.41. The van der Waals surface area contributed by atoms with Crippen LogP contribution < -0.4 is 4.74 Å². The number of nitrogens with zero attached hydrogens (tertiary/aromatic N) is 1. The summed E-state index contributed by atoms with van der Waals surface area (Å²) in [5.74, 6) is 0.964. The molecule has 0 heterocycles. The third kappa shape index (κ3) is 3.33. The fourth-order valence-corrected chi connectivity index (χ4v) is 2.30. The zero-order valence-corrected chi connectivity index (χ0v) is 14.1. The van der Waals surface area contributed by atoms with E-state index in [1.807, 2.05) is 6.92 Å². The molecule has 0 aliphatic heterocycles. The average molecular weight is 273 g/mol. The maximum absolute atomic E-state index is 7.29. The molecule has 0 radical (unpaired) electrons. The Labute approximate surface area is 124 Å². The Morgan fingerprint density at radius 3 is 1.65 bits per heavy atom. The smallest absolute Gasteiger partial charge is 0.246 e. The van der Waals surface area contributed by atoms with Gasteiger partial charge in [0.05, 0.1) is 7.11 Å². The van der Waals surface area contributed by atoms with E-state index in [1.165, 1.54) is 11.1 Å². The SMILES string of the molecule is [C-]#[N+]C(C)c1cc(C(C)(C)C)c(OC)c(C(C)(C)C)c1. The summed E-state index contributed by atoms with van der Waals surface area (Å²) >= 11 is 0. The fraction of sp³-hybridized carbons (Fsp3) is 0.611. The summed E-state index contributed by atoms with van der Waals surface area (Å²) in [6.45, 7) is 22.3. The Bertz CT molecular complexity index is 489. The Morgan fingerprint density at radius 1 is 1.00 bits per heavy atom. The van der Waals surface area contributed by atoms with Gasteiger partial charge in [-0.1, -0.05) is 41.5 Å². The van der Waals surface area contributed by atoms with Crippen LogP contribution in [0.2, 0.25) is 0 Å². The van der Waals surface area contributed by atoms with Gasteiger partial charge in [-0.15, -0.1) is 0 Å². The largest absolute Gasteiger partial charge is 0.496 e. The molecule has 1 rings (SSSR count).